The van der Waals surface area contributed by atoms with Crippen LogP contribution in [0.25, 0.3) is 0 Å². The zero-order chi connectivity index (χ0) is 35.8. The molecule has 10 nitrogen and oxygen atoms in total. The van der Waals surface area contributed by atoms with Crippen molar-refractivity contribution < 1.29 is 28.0 Å². The molecule has 2 heterocycles. The summed E-state index contributed by atoms with van der Waals surface area (Å²) in [5.41, 5.74) is 3.44. The summed E-state index contributed by atoms with van der Waals surface area (Å²) >= 11 is 6.46. The molecule has 1 unspecified atom stereocenters. The summed E-state index contributed by atoms with van der Waals surface area (Å²) in [6.45, 7) is 4.63. The van der Waals surface area contributed by atoms with E-state index in [1.165, 1.54) is 11.1 Å². The molecule has 12 heteroatoms. The Morgan fingerprint density at radius 1 is 1.18 bits per heavy atom. The monoisotopic (exact) mass is 738 g/mol. The van der Waals surface area contributed by atoms with Gasteiger partial charge in [-0.2, -0.15) is 0 Å². The number of amides is 3. The number of benzene rings is 2. The third-order valence-electron chi connectivity index (χ3n) is 11.7. The fraction of sp³-hybridized carbons (Fsp3) is 0.590. The second-order valence-corrected chi connectivity index (χ2v) is 18.0. The molecule has 2 aliphatic heterocycles. The number of methoxy groups -OCH3 is 2. The van der Waals surface area contributed by atoms with Gasteiger partial charge in [0.15, 0.2) is 0 Å². The molecular weight excluding hydrogens is 688 g/mol. The fourth-order valence-corrected chi connectivity index (χ4v) is 11.0. The van der Waals surface area contributed by atoms with Crippen molar-refractivity contribution in [1.82, 2.24) is 10.0 Å². The molecule has 2 fully saturated rings. The van der Waals surface area contributed by atoms with Crippen molar-refractivity contribution in [2.24, 2.45) is 28.0 Å². The van der Waals surface area contributed by atoms with Crippen molar-refractivity contribution in [3.05, 3.63) is 70.3 Å². The number of rotatable bonds is 5. The number of urea groups is 1. The minimum atomic E-state index is -3.48. The van der Waals surface area contributed by atoms with Gasteiger partial charge in [-0.1, -0.05) is 36.7 Å². The summed E-state index contributed by atoms with van der Waals surface area (Å²) in [6, 6.07) is 11.0. The molecule has 0 radical (unpaired) electrons. The van der Waals surface area contributed by atoms with Crippen LogP contribution in [0, 0.1) is 23.7 Å². The van der Waals surface area contributed by atoms with Crippen LogP contribution >= 0.6 is 11.6 Å². The highest BCUT2D eigenvalue weighted by molar-refractivity contribution is 7.92. The number of halogens is 1. The van der Waals surface area contributed by atoms with Gasteiger partial charge in [0.1, 0.15) is 15.7 Å². The second-order valence-electron chi connectivity index (χ2n) is 15.5. The zero-order valence-corrected chi connectivity index (χ0v) is 31.5. The molecule has 276 valence electrons. The minimum Gasteiger partial charge on any atom is -0.490 e. The molecule has 2 aromatic rings. The van der Waals surface area contributed by atoms with Crippen LogP contribution in [0.1, 0.15) is 73.4 Å². The average molecular weight is 739 g/mol. The maximum atomic E-state index is 14.4. The fourth-order valence-electron chi connectivity index (χ4n) is 8.95. The lowest BCUT2D eigenvalue weighted by atomic mass is 9.68. The van der Waals surface area contributed by atoms with Gasteiger partial charge in [0.2, 0.25) is 0 Å². The number of nitrogens with zero attached hydrogens (tertiary/aromatic N) is 2. The van der Waals surface area contributed by atoms with Gasteiger partial charge >= 0.3 is 6.03 Å². The number of nitrogens with one attached hydrogen (secondary N) is 2. The third-order valence-corrected chi connectivity index (χ3v) is 14.0. The minimum absolute atomic E-state index is 0.0310. The van der Waals surface area contributed by atoms with Crippen LogP contribution in [-0.4, -0.2) is 74.6 Å². The lowest BCUT2D eigenvalue weighted by Gasteiger charge is -2.46. The molecule has 2 bridgehead atoms. The van der Waals surface area contributed by atoms with E-state index >= 15 is 0 Å². The van der Waals surface area contributed by atoms with E-state index in [1.54, 1.807) is 20.3 Å². The van der Waals surface area contributed by atoms with E-state index in [2.05, 4.69) is 43.6 Å². The van der Waals surface area contributed by atoms with E-state index in [1.807, 2.05) is 25.1 Å². The number of anilines is 1. The highest BCUT2D eigenvalue weighted by Crippen LogP contribution is 2.47. The molecule has 3 amide bonds. The van der Waals surface area contributed by atoms with Crippen LogP contribution in [0.4, 0.5) is 10.5 Å². The summed E-state index contributed by atoms with van der Waals surface area (Å²) < 4.78 is 39.3. The smallest absolute Gasteiger partial charge is 0.327 e. The first kappa shape index (κ1) is 36.2. The summed E-state index contributed by atoms with van der Waals surface area (Å²) in [4.78, 5) is 29.5. The van der Waals surface area contributed by atoms with Crippen molar-refractivity contribution >= 4 is 39.1 Å². The number of hydrogen-bond donors (Lipinski definition) is 2. The average Bonchev–Trinajstić information content (AvgIpc) is 3.21. The lowest BCUT2D eigenvalue weighted by molar-refractivity contribution is 0.0131. The van der Waals surface area contributed by atoms with Gasteiger partial charge in [0.25, 0.3) is 5.91 Å². The van der Waals surface area contributed by atoms with E-state index in [0.29, 0.717) is 48.7 Å². The first-order valence-electron chi connectivity index (χ1n) is 18.4. The molecule has 6 atom stereocenters. The normalized spacial score (nSPS) is 34.0. The van der Waals surface area contributed by atoms with Gasteiger partial charge in [-0.3, -0.25) is 9.52 Å². The van der Waals surface area contributed by atoms with Crippen LogP contribution in [0.5, 0.6) is 5.75 Å². The Balaban J connectivity index is 1.24. The number of carbonyl (C=O) groups is 2. The molecule has 0 saturated heterocycles. The van der Waals surface area contributed by atoms with Crippen molar-refractivity contribution in [3.63, 3.8) is 0 Å². The predicted octanol–water partition coefficient (Wildman–Crippen LogP) is 6.70. The summed E-state index contributed by atoms with van der Waals surface area (Å²) in [5, 5.41) is 3.66. The number of carbonyl (C=O) groups excluding carboxylic acids is 2. The number of ether oxygens (including phenoxy) is 3. The van der Waals surface area contributed by atoms with Crippen molar-refractivity contribution in [3.8, 4) is 5.75 Å². The van der Waals surface area contributed by atoms with Crippen LogP contribution in [0.3, 0.4) is 0 Å². The first-order chi connectivity index (χ1) is 24.6. The van der Waals surface area contributed by atoms with Crippen LogP contribution in [-0.2, 0) is 31.2 Å². The van der Waals surface area contributed by atoms with Gasteiger partial charge in [-0.15, -0.1) is 4.36 Å². The molecule has 5 aliphatic rings. The highest BCUT2D eigenvalue weighted by Gasteiger charge is 2.44. The van der Waals surface area contributed by atoms with E-state index < -0.39 is 21.9 Å². The molecule has 2 aromatic carbocycles. The van der Waals surface area contributed by atoms with E-state index in [4.69, 9.17) is 25.8 Å². The van der Waals surface area contributed by atoms with Crippen LogP contribution in [0.2, 0.25) is 5.02 Å². The largest absolute Gasteiger partial charge is 0.490 e. The molecule has 3 aliphatic carbocycles. The Bertz CT molecular complexity index is 1790. The summed E-state index contributed by atoms with van der Waals surface area (Å²) in [7, 11) is -0.0407. The molecule has 0 aromatic heterocycles. The Morgan fingerprint density at radius 2 is 2.02 bits per heavy atom. The van der Waals surface area contributed by atoms with Crippen LogP contribution in [0.15, 0.2) is 52.9 Å². The van der Waals surface area contributed by atoms with Crippen molar-refractivity contribution in [2.45, 2.75) is 75.9 Å². The summed E-state index contributed by atoms with van der Waals surface area (Å²) in [5.74, 6) is 1.13. The molecular formula is C39H51ClN4O6S. The lowest BCUT2D eigenvalue weighted by Crippen LogP contribution is -2.51. The first-order valence-corrected chi connectivity index (χ1v) is 20.5. The van der Waals surface area contributed by atoms with Crippen molar-refractivity contribution in [1.29, 1.82) is 0 Å². The number of fused-ring (bicyclic) bond motifs is 4. The van der Waals surface area contributed by atoms with Gasteiger partial charge in [-0.25, -0.2) is 9.00 Å². The Labute approximate surface area is 307 Å². The van der Waals surface area contributed by atoms with Crippen molar-refractivity contribution in [2.75, 3.05) is 51.2 Å². The standard InChI is InChI=1S/C39H51ClN4O6S/c1-25-6-4-8-35(49-3)32-12-9-29(32)20-44-23-39(15-5-7-27-18-30(40)11-13-33(27)39)24-50-36-14-10-28(19-34(36)44)37(45)42-51(47,22-25)43-38(46)41-31-16-26(17-31)21-48-2/h4,8,10-11,13-14,18-19,25-26,29,31-32,35H,5-7,9,12,15-17,20-24H2,1-3H3,(H2,41,42,43,45,46,47)/b8-4+/t25-,26-,29-,31-,32+,35-,39-,51?/m0/s1. The van der Waals surface area contributed by atoms with Gasteiger partial charge in [-0.05, 0) is 116 Å². The van der Waals surface area contributed by atoms with Gasteiger partial charge < -0.3 is 24.4 Å². The Kier molecular flexibility index (Phi) is 10.7. The number of aryl methyl sites for hydroxylation is 1. The highest BCUT2D eigenvalue weighted by atomic mass is 35.5. The molecule has 2 N–H and O–H groups in total. The van der Waals surface area contributed by atoms with Crippen LogP contribution < -0.4 is 19.7 Å². The molecule has 51 heavy (non-hydrogen) atoms. The maximum absolute atomic E-state index is 14.4. The Morgan fingerprint density at radius 3 is 2.78 bits per heavy atom. The number of allylic oxidation sites excluding steroid dienone is 1. The SMILES string of the molecule is COC[C@H]1C[C@H](NC(=O)NS2(=O)=NC(=O)c3ccc4c(c3)N(C[C@@H]3CC[C@H]3[C@@H](OC)/C=C/C[C@H](C)C2)C[C@@]2(CCCc3cc(Cl)ccc32)CO4)C1. The third kappa shape index (κ3) is 7.82. The number of hydrogen-bond acceptors (Lipinski definition) is 7. The van der Waals surface area contributed by atoms with Gasteiger partial charge in [0, 0.05) is 56.0 Å². The Hall–Kier alpha value is -3.12. The predicted molar refractivity (Wildman–Crippen MR) is 200 cm³/mol. The topological polar surface area (TPSA) is 119 Å². The van der Waals surface area contributed by atoms with E-state index in [0.717, 1.165) is 68.7 Å². The summed E-state index contributed by atoms with van der Waals surface area (Å²) in [6.07, 6.45) is 11.5. The van der Waals surface area contributed by atoms with Gasteiger partial charge in [0.05, 0.1) is 24.2 Å². The maximum Gasteiger partial charge on any atom is 0.327 e. The molecule has 1 spiro atoms. The zero-order valence-electron chi connectivity index (χ0n) is 29.9. The van der Waals surface area contributed by atoms with E-state index in [9.17, 15) is 13.8 Å². The molecule has 7 rings (SSSR count). The second kappa shape index (κ2) is 15.1. The quantitative estimate of drug-likeness (QED) is 0.328. The molecule has 2 saturated carbocycles. The van der Waals surface area contributed by atoms with E-state index in [-0.39, 0.29) is 29.2 Å².